The highest BCUT2D eigenvalue weighted by molar-refractivity contribution is 6.23. The van der Waals surface area contributed by atoms with Gasteiger partial charge in [-0.2, -0.15) is 0 Å². The number of ether oxygens (including phenoxy) is 1. The second kappa shape index (κ2) is 8.43. The van der Waals surface area contributed by atoms with Crippen LogP contribution in [0.15, 0.2) is 53.6 Å². The molecule has 1 unspecified atom stereocenters. The zero-order valence-corrected chi connectivity index (χ0v) is 19.2. The van der Waals surface area contributed by atoms with Crippen LogP contribution < -0.4 is 5.32 Å². The molecular formula is C26H29ClN2O3. The van der Waals surface area contributed by atoms with Crippen LogP contribution in [0.2, 0.25) is 0 Å². The summed E-state index contributed by atoms with van der Waals surface area (Å²) in [6.45, 7) is 3.76. The van der Waals surface area contributed by atoms with Crippen molar-refractivity contribution in [3.8, 4) is 0 Å². The maximum Gasteiger partial charge on any atom is 0.407 e. The zero-order valence-electron chi connectivity index (χ0n) is 18.4. The number of alkyl carbamates (subject to hydrolysis) is 1. The molecule has 2 atom stereocenters. The molecule has 0 spiro atoms. The second-order valence-electron chi connectivity index (χ2n) is 9.10. The molecule has 1 aromatic rings. The minimum absolute atomic E-state index is 0.0402. The summed E-state index contributed by atoms with van der Waals surface area (Å²) in [5.41, 5.74) is 5.12. The van der Waals surface area contributed by atoms with Gasteiger partial charge in [-0.05, 0) is 53.5 Å². The van der Waals surface area contributed by atoms with Crippen LogP contribution in [0.3, 0.4) is 0 Å². The van der Waals surface area contributed by atoms with E-state index in [0.29, 0.717) is 26.1 Å². The van der Waals surface area contributed by atoms with Gasteiger partial charge < -0.3 is 15.0 Å². The van der Waals surface area contributed by atoms with Crippen molar-refractivity contribution in [2.24, 2.45) is 0 Å². The van der Waals surface area contributed by atoms with Crippen molar-refractivity contribution in [3.05, 3.63) is 64.8 Å². The SMILES string of the molecule is CCCCOC(=O)NC1CCN(C(=O)[C@@]23CC(=C4C=CC(Cl)C=C42)c2ccccc23)CC1. The lowest BCUT2D eigenvalue weighted by molar-refractivity contribution is -0.136. The van der Waals surface area contributed by atoms with Crippen molar-refractivity contribution in [3.63, 3.8) is 0 Å². The van der Waals surface area contributed by atoms with E-state index in [1.165, 1.54) is 16.7 Å². The van der Waals surface area contributed by atoms with E-state index in [1.807, 2.05) is 23.1 Å². The highest BCUT2D eigenvalue weighted by Crippen LogP contribution is 2.61. The molecule has 2 amide bonds. The smallest absolute Gasteiger partial charge is 0.407 e. The lowest BCUT2D eigenvalue weighted by atomic mass is 9.71. The van der Waals surface area contributed by atoms with Gasteiger partial charge in [0.05, 0.1) is 12.0 Å². The summed E-state index contributed by atoms with van der Waals surface area (Å²) in [6, 6.07) is 8.33. The molecule has 2 bridgehead atoms. The third-order valence-corrected chi connectivity index (χ3v) is 7.47. The van der Waals surface area contributed by atoms with Crippen molar-refractivity contribution >= 4 is 29.2 Å². The average Bonchev–Trinajstić information content (AvgIpc) is 3.32. The van der Waals surface area contributed by atoms with E-state index in [0.717, 1.165) is 36.8 Å². The Morgan fingerprint density at radius 3 is 2.81 bits per heavy atom. The highest BCUT2D eigenvalue weighted by atomic mass is 35.5. The van der Waals surface area contributed by atoms with Crippen LogP contribution in [0.25, 0.3) is 5.57 Å². The lowest BCUT2D eigenvalue weighted by Crippen LogP contribution is -2.52. The van der Waals surface area contributed by atoms with E-state index in [-0.39, 0.29) is 23.4 Å². The Bertz CT molecular complexity index is 1040. The molecule has 0 radical (unpaired) electrons. The number of carbonyl (C=O) groups is 2. The van der Waals surface area contributed by atoms with Gasteiger partial charge in [-0.25, -0.2) is 4.79 Å². The fourth-order valence-electron chi connectivity index (χ4n) is 5.59. The third-order valence-electron chi connectivity index (χ3n) is 7.20. The highest BCUT2D eigenvalue weighted by Gasteiger charge is 2.57. The number of fused-ring (bicyclic) bond motifs is 7. The molecule has 0 saturated carbocycles. The summed E-state index contributed by atoms with van der Waals surface area (Å²) in [5, 5.41) is 2.76. The number of halogens is 1. The van der Waals surface area contributed by atoms with Gasteiger partial charge in [0.1, 0.15) is 5.41 Å². The largest absolute Gasteiger partial charge is 0.450 e. The standard InChI is InChI=1S/C26H29ClN2O3/c1-2-3-14-32-25(31)28-18-10-12-29(13-11-18)24(30)26-16-21(19-6-4-5-7-22(19)26)20-9-8-17(27)15-23(20)26/h4-9,15,17-18H,2-3,10-14,16H2,1H3,(H,28,31)/t17?,26-/m1/s1. The van der Waals surface area contributed by atoms with E-state index in [2.05, 4.69) is 36.5 Å². The first-order valence-corrected chi connectivity index (χ1v) is 12.1. The van der Waals surface area contributed by atoms with Gasteiger partial charge in [0.2, 0.25) is 5.91 Å². The monoisotopic (exact) mass is 452 g/mol. The molecule has 1 aromatic carbocycles. The molecule has 6 heteroatoms. The van der Waals surface area contributed by atoms with Crippen LogP contribution in [-0.4, -0.2) is 48.0 Å². The van der Waals surface area contributed by atoms with Crippen molar-refractivity contribution in [2.75, 3.05) is 19.7 Å². The molecule has 168 valence electrons. The number of nitrogens with one attached hydrogen (secondary N) is 1. The fraction of sp³-hybridized carbons (Fsp3) is 0.462. The summed E-state index contributed by atoms with van der Waals surface area (Å²) in [4.78, 5) is 28.1. The normalized spacial score (nSPS) is 26.0. The number of piperidine rings is 1. The van der Waals surface area contributed by atoms with Crippen LogP contribution in [0.5, 0.6) is 0 Å². The van der Waals surface area contributed by atoms with Gasteiger partial charge in [-0.3, -0.25) is 4.79 Å². The van der Waals surface area contributed by atoms with E-state index in [9.17, 15) is 9.59 Å². The number of alkyl halides is 1. The first kappa shape index (κ1) is 21.3. The topological polar surface area (TPSA) is 58.6 Å². The Balaban J connectivity index is 1.33. The maximum absolute atomic E-state index is 14.1. The van der Waals surface area contributed by atoms with Crippen LogP contribution in [0.1, 0.15) is 50.2 Å². The molecule has 32 heavy (non-hydrogen) atoms. The van der Waals surface area contributed by atoms with E-state index >= 15 is 0 Å². The average molecular weight is 453 g/mol. The number of carbonyl (C=O) groups excluding carboxylic acids is 2. The molecule has 5 rings (SSSR count). The summed E-state index contributed by atoms with van der Waals surface area (Å²) >= 11 is 6.45. The van der Waals surface area contributed by atoms with Gasteiger partial charge in [0, 0.05) is 19.1 Å². The molecule has 1 fully saturated rings. The zero-order chi connectivity index (χ0) is 22.3. The number of rotatable bonds is 5. The number of hydrogen-bond donors (Lipinski definition) is 1. The van der Waals surface area contributed by atoms with Crippen molar-refractivity contribution in [1.29, 1.82) is 0 Å². The Hall–Kier alpha value is -2.53. The number of amides is 2. The first-order chi connectivity index (χ1) is 15.5. The van der Waals surface area contributed by atoms with Crippen molar-refractivity contribution < 1.29 is 14.3 Å². The molecule has 1 heterocycles. The van der Waals surface area contributed by atoms with Gasteiger partial charge in [0.15, 0.2) is 0 Å². The summed E-state index contributed by atoms with van der Waals surface area (Å²) < 4.78 is 5.23. The predicted octanol–water partition coefficient (Wildman–Crippen LogP) is 4.72. The minimum Gasteiger partial charge on any atom is -0.450 e. The third kappa shape index (κ3) is 3.38. The Morgan fingerprint density at radius 1 is 1.25 bits per heavy atom. The van der Waals surface area contributed by atoms with Crippen LogP contribution in [0, 0.1) is 0 Å². The maximum atomic E-state index is 14.1. The summed E-state index contributed by atoms with van der Waals surface area (Å²) in [7, 11) is 0. The fourth-order valence-corrected chi connectivity index (χ4v) is 5.79. The summed E-state index contributed by atoms with van der Waals surface area (Å²) in [6.07, 6.45) is 9.82. The number of likely N-dealkylation sites (tertiary alicyclic amines) is 1. The molecule has 5 nitrogen and oxygen atoms in total. The Labute approximate surface area is 194 Å². The molecule has 4 aliphatic rings. The Kier molecular flexibility index (Phi) is 5.62. The van der Waals surface area contributed by atoms with Crippen LogP contribution in [0.4, 0.5) is 4.79 Å². The number of allylic oxidation sites excluding steroid dienone is 5. The van der Waals surface area contributed by atoms with Gasteiger partial charge in [0.25, 0.3) is 0 Å². The number of unbranched alkanes of at least 4 members (excludes halogenated alkanes) is 1. The van der Waals surface area contributed by atoms with Crippen LogP contribution in [-0.2, 0) is 14.9 Å². The molecule has 1 saturated heterocycles. The second-order valence-corrected chi connectivity index (χ2v) is 9.61. The van der Waals surface area contributed by atoms with Gasteiger partial charge >= 0.3 is 6.09 Å². The molecule has 1 N–H and O–H groups in total. The molecule has 0 aromatic heterocycles. The number of hydrogen-bond acceptors (Lipinski definition) is 3. The molecule has 1 aliphatic heterocycles. The number of nitrogens with zero attached hydrogens (tertiary/aromatic N) is 1. The predicted molar refractivity (Wildman–Crippen MR) is 126 cm³/mol. The van der Waals surface area contributed by atoms with Crippen molar-refractivity contribution in [2.45, 2.75) is 55.9 Å². The van der Waals surface area contributed by atoms with Gasteiger partial charge in [-0.15, -0.1) is 11.6 Å². The van der Waals surface area contributed by atoms with Crippen LogP contribution >= 0.6 is 11.6 Å². The molecule has 3 aliphatic carbocycles. The van der Waals surface area contributed by atoms with Crippen molar-refractivity contribution in [1.82, 2.24) is 10.2 Å². The van der Waals surface area contributed by atoms with Gasteiger partial charge in [-0.1, -0.05) is 55.8 Å². The number of benzene rings is 1. The van der Waals surface area contributed by atoms with E-state index in [1.54, 1.807) is 0 Å². The Morgan fingerprint density at radius 2 is 2.03 bits per heavy atom. The summed E-state index contributed by atoms with van der Waals surface area (Å²) in [5.74, 6) is 0.157. The molecular weight excluding hydrogens is 424 g/mol. The van der Waals surface area contributed by atoms with E-state index in [4.69, 9.17) is 16.3 Å². The quantitative estimate of drug-likeness (QED) is 0.519. The van der Waals surface area contributed by atoms with E-state index < -0.39 is 5.41 Å². The minimum atomic E-state index is -0.668. The lowest BCUT2D eigenvalue weighted by Gasteiger charge is -2.40. The first-order valence-electron chi connectivity index (χ1n) is 11.6.